The van der Waals surface area contributed by atoms with E-state index in [0.717, 1.165) is 26.2 Å². The molecule has 1 aliphatic rings. The van der Waals surface area contributed by atoms with Crippen molar-refractivity contribution in [1.82, 2.24) is 14.9 Å². The lowest BCUT2D eigenvalue weighted by atomic mass is 10.3. The summed E-state index contributed by atoms with van der Waals surface area (Å²) >= 11 is 0. The Morgan fingerprint density at radius 1 is 1.19 bits per heavy atom. The lowest BCUT2D eigenvalue weighted by Gasteiger charge is -2.34. The van der Waals surface area contributed by atoms with Crippen LogP contribution in [0.25, 0.3) is 0 Å². The number of halogens is 1. The standard InChI is InChI=1S/C10H15FN4O/c11-9-7-12-10(13-8-9)15-3-1-14(2-4-15)5-6-16/h7-8,16H,1-6H2. The smallest absolute Gasteiger partial charge is 0.225 e. The molecule has 0 atom stereocenters. The van der Waals surface area contributed by atoms with Crippen LogP contribution in [-0.4, -0.2) is 59.3 Å². The summed E-state index contributed by atoms with van der Waals surface area (Å²) in [6.45, 7) is 4.27. The van der Waals surface area contributed by atoms with Crippen molar-refractivity contribution >= 4 is 5.95 Å². The Hall–Kier alpha value is -1.27. The van der Waals surface area contributed by atoms with Crippen molar-refractivity contribution in [2.75, 3.05) is 44.2 Å². The molecule has 6 heteroatoms. The van der Waals surface area contributed by atoms with Gasteiger partial charge in [-0.2, -0.15) is 0 Å². The average Bonchev–Trinajstić information content (AvgIpc) is 2.32. The van der Waals surface area contributed by atoms with Gasteiger partial charge >= 0.3 is 0 Å². The minimum absolute atomic E-state index is 0.188. The highest BCUT2D eigenvalue weighted by molar-refractivity contribution is 5.29. The molecular formula is C10H15FN4O. The summed E-state index contributed by atoms with van der Waals surface area (Å²) < 4.78 is 12.6. The number of hydrogen-bond donors (Lipinski definition) is 1. The van der Waals surface area contributed by atoms with E-state index < -0.39 is 5.82 Å². The minimum Gasteiger partial charge on any atom is -0.395 e. The molecule has 2 heterocycles. The van der Waals surface area contributed by atoms with E-state index in [1.54, 1.807) is 0 Å². The van der Waals surface area contributed by atoms with Crippen molar-refractivity contribution < 1.29 is 9.50 Å². The van der Waals surface area contributed by atoms with Gasteiger partial charge in [-0.1, -0.05) is 0 Å². The Kier molecular flexibility index (Phi) is 3.63. The van der Waals surface area contributed by atoms with Gasteiger partial charge in [0.05, 0.1) is 19.0 Å². The Morgan fingerprint density at radius 3 is 2.38 bits per heavy atom. The summed E-state index contributed by atoms with van der Waals surface area (Å²) in [6, 6.07) is 0. The van der Waals surface area contributed by atoms with Crippen LogP contribution < -0.4 is 4.90 Å². The quantitative estimate of drug-likeness (QED) is 0.769. The normalized spacial score (nSPS) is 17.8. The lowest BCUT2D eigenvalue weighted by Crippen LogP contribution is -2.47. The van der Waals surface area contributed by atoms with E-state index in [-0.39, 0.29) is 6.61 Å². The lowest BCUT2D eigenvalue weighted by molar-refractivity contribution is 0.188. The SMILES string of the molecule is OCCN1CCN(c2ncc(F)cn2)CC1. The molecular weight excluding hydrogens is 211 g/mol. The van der Waals surface area contributed by atoms with Crippen LogP contribution in [-0.2, 0) is 0 Å². The van der Waals surface area contributed by atoms with E-state index in [1.165, 1.54) is 12.4 Å². The number of β-amino-alcohol motifs (C(OH)–C–C–N with tert-alkyl or cyclic N) is 1. The van der Waals surface area contributed by atoms with Crippen molar-refractivity contribution in [3.8, 4) is 0 Å². The third kappa shape index (κ3) is 2.65. The van der Waals surface area contributed by atoms with Crippen LogP contribution in [0, 0.1) is 5.82 Å². The largest absolute Gasteiger partial charge is 0.395 e. The zero-order valence-corrected chi connectivity index (χ0v) is 9.01. The minimum atomic E-state index is -0.414. The molecule has 0 aromatic carbocycles. The number of anilines is 1. The van der Waals surface area contributed by atoms with Gasteiger partial charge in [0.1, 0.15) is 0 Å². The first-order valence-corrected chi connectivity index (χ1v) is 5.35. The average molecular weight is 226 g/mol. The van der Waals surface area contributed by atoms with Crippen molar-refractivity contribution in [2.45, 2.75) is 0 Å². The third-order valence-electron chi connectivity index (χ3n) is 2.68. The van der Waals surface area contributed by atoms with E-state index >= 15 is 0 Å². The number of aliphatic hydroxyl groups excluding tert-OH is 1. The van der Waals surface area contributed by atoms with Crippen molar-refractivity contribution in [2.24, 2.45) is 0 Å². The second-order valence-electron chi connectivity index (χ2n) is 3.75. The molecule has 1 aliphatic heterocycles. The fourth-order valence-corrected chi connectivity index (χ4v) is 1.78. The van der Waals surface area contributed by atoms with Crippen LogP contribution >= 0.6 is 0 Å². The third-order valence-corrected chi connectivity index (χ3v) is 2.68. The highest BCUT2D eigenvalue weighted by atomic mass is 19.1. The first-order valence-electron chi connectivity index (χ1n) is 5.35. The highest BCUT2D eigenvalue weighted by Gasteiger charge is 2.18. The number of rotatable bonds is 3. The Labute approximate surface area is 93.5 Å². The van der Waals surface area contributed by atoms with Crippen molar-refractivity contribution in [3.05, 3.63) is 18.2 Å². The van der Waals surface area contributed by atoms with Gasteiger partial charge in [-0.3, -0.25) is 4.90 Å². The number of nitrogens with zero attached hydrogens (tertiary/aromatic N) is 4. The second-order valence-corrected chi connectivity index (χ2v) is 3.75. The first kappa shape index (κ1) is 11.2. The molecule has 0 saturated carbocycles. The van der Waals surface area contributed by atoms with Crippen LogP contribution in [0.5, 0.6) is 0 Å². The van der Waals surface area contributed by atoms with Crippen molar-refractivity contribution in [1.29, 1.82) is 0 Å². The summed E-state index contributed by atoms with van der Waals surface area (Å²) in [5, 5.41) is 8.81. The molecule has 16 heavy (non-hydrogen) atoms. The zero-order chi connectivity index (χ0) is 11.4. The maximum absolute atomic E-state index is 12.6. The fourth-order valence-electron chi connectivity index (χ4n) is 1.78. The van der Waals surface area contributed by atoms with Crippen LogP contribution in [0.1, 0.15) is 0 Å². The molecule has 0 spiro atoms. The Bertz CT molecular complexity index is 324. The van der Waals surface area contributed by atoms with Gasteiger partial charge in [-0.05, 0) is 0 Å². The van der Waals surface area contributed by atoms with Gasteiger partial charge < -0.3 is 10.0 Å². The van der Waals surface area contributed by atoms with Crippen LogP contribution in [0.15, 0.2) is 12.4 Å². The molecule has 1 N–H and O–H groups in total. The van der Waals surface area contributed by atoms with Gasteiger partial charge in [0.15, 0.2) is 5.82 Å². The van der Waals surface area contributed by atoms with Crippen LogP contribution in [0.4, 0.5) is 10.3 Å². The van der Waals surface area contributed by atoms with E-state index in [0.29, 0.717) is 12.5 Å². The molecule has 0 radical (unpaired) electrons. The molecule has 0 unspecified atom stereocenters. The van der Waals surface area contributed by atoms with Gasteiger partial charge in [0.25, 0.3) is 0 Å². The number of hydrogen-bond acceptors (Lipinski definition) is 5. The van der Waals surface area contributed by atoms with Gasteiger partial charge in [0.2, 0.25) is 5.95 Å². The molecule has 1 aromatic rings. The molecule has 0 aliphatic carbocycles. The van der Waals surface area contributed by atoms with Gasteiger partial charge in [0, 0.05) is 32.7 Å². The van der Waals surface area contributed by atoms with Crippen LogP contribution in [0.2, 0.25) is 0 Å². The number of piperazine rings is 1. The summed E-state index contributed by atoms with van der Waals surface area (Å²) in [5.41, 5.74) is 0. The molecule has 0 bridgehead atoms. The summed E-state index contributed by atoms with van der Waals surface area (Å²) in [6.07, 6.45) is 2.37. The summed E-state index contributed by atoms with van der Waals surface area (Å²) in [5.74, 6) is 0.160. The maximum Gasteiger partial charge on any atom is 0.225 e. The predicted molar refractivity (Wildman–Crippen MR) is 57.7 cm³/mol. The molecule has 1 saturated heterocycles. The van der Waals surface area contributed by atoms with Gasteiger partial charge in [-0.25, -0.2) is 14.4 Å². The zero-order valence-electron chi connectivity index (χ0n) is 9.01. The van der Waals surface area contributed by atoms with E-state index in [4.69, 9.17) is 5.11 Å². The second kappa shape index (κ2) is 5.18. The topological polar surface area (TPSA) is 52.5 Å². The number of aromatic nitrogens is 2. The molecule has 5 nitrogen and oxygen atoms in total. The van der Waals surface area contributed by atoms with E-state index in [1.807, 2.05) is 4.90 Å². The molecule has 0 amide bonds. The summed E-state index contributed by atoms with van der Waals surface area (Å²) in [7, 11) is 0. The first-order chi connectivity index (χ1) is 7.79. The monoisotopic (exact) mass is 226 g/mol. The molecule has 1 fully saturated rings. The van der Waals surface area contributed by atoms with E-state index in [2.05, 4.69) is 14.9 Å². The molecule has 2 rings (SSSR count). The molecule has 1 aromatic heterocycles. The van der Waals surface area contributed by atoms with Crippen LogP contribution in [0.3, 0.4) is 0 Å². The van der Waals surface area contributed by atoms with Crippen molar-refractivity contribution in [3.63, 3.8) is 0 Å². The Balaban J connectivity index is 1.91. The molecule has 88 valence electrons. The predicted octanol–water partition coefficient (Wildman–Crippen LogP) is -0.270. The maximum atomic E-state index is 12.6. The Morgan fingerprint density at radius 2 is 1.81 bits per heavy atom. The number of aliphatic hydroxyl groups is 1. The van der Waals surface area contributed by atoms with Gasteiger partial charge in [-0.15, -0.1) is 0 Å². The highest BCUT2D eigenvalue weighted by Crippen LogP contribution is 2.09. The summed E-state index contributed by atoms with van der Waals surface area (Å²) in [4.78, 5) is 12.1. The van der Waals surface area contributed by atoms with E-state index in [9.17, 15) is 4.39 Å². The fraction of sp³-hybridized carbons (Fsp3) is 0.600.